The summed E-state index contributed by atoms with van der Waals surface area (Å²) in [5, 5.41) is 13.3. The topological polar surface area (TPSA) is 87.6 Å². The smallest absolute Gasteiger partial charge is 0.103 e. The van der Waals surface area contributed by atoms with Gasteiger partial charge >= 0.3 is 0 Å². The van der Waals surface area contributed by atoms with Crippen LogP contribution in [-0.2, 0) is 0 Å². The molecule has 0 saturated carbocycles. The summed E-state index contributed by atoms with van der Waals surface area (Å²) in [7, 11) is 0. The monoisotopic (exact) mass is 261 g/mol. The van der Waals surface area contributed by atoms with Crippen LogP contribution >= 0.6 is 0 Å². The number of aromatic nitrogens is 2. The van der Waals surface area contributed by atoms with E-state index in [0.29, 0.717) is 16.9 Å². The Bertz CT molecular complexity index is 806. The van der Waals surface area contributed by atoms with Gasteiger partial charge in [-0.15, -0.1) is 0 Å². The summed E-state index contributed by atoms with van der Waals surface area (Å²) >= 11 is 0. The van der Waals surface area contributed by atoms with E-state index in [4.69, 9.17) is 5.73 Å². The van der Waals surface area contributed by atoms with Gasteiger partial charge in [0.1, 0.15) is 6.07 Å². The third kappa shape index (κ3) is 2.10. The van der Waals surface area contributed by atoms with E-state index < -0.39 is 0 Å². The van der Waals surface area contributed by atoms with Crippen LogP contribution in [-0.4, -0.2) is 9.97 Å². The molecule has 1 aromatic carbocycles. The van der Waals surface area contributed by atoms with Crippen molar-refractivity contribution in [1.29, 1.82) is 5.26 Å². The van der Waals surface area contributed by atoms with Crippen LogP contribution in [0.2, 0.25) is 0 Å². The van der Waals surface area contributed by atoms with Gasteiger partial charge in [0.05, 0.1) is 16.8 Å². The number of rotatable bonds is 2. The molecule has 0 aliphatic heterocycles. The van der Waals surface area contributed by atoms with E-state index in [2.05, 4.69) is 21.4 Å². The van der Waals surface area contributed by atoms with Gasteiger partial charge in [0.15, 0.2) is 0 Å². The molecule has 2 heterocycles. The Labute approximate surface area is 115 Å². The zero-order chi connectivity index (χ0) is 13.9. The largest absolute Gasteiger partial charge is 0.399 e. The fourth-order valence-corrected chi connectivity index (χ4v) is 2.01. The highest BCUT2D eigenvalue weighted by Crippen LogP contribution is 2.29. The molecular formula is C15H11N5. The highest BCUT2D eigenvalue weighted by atomic mass is 14.9. The van der Waals surface area contributed by atoms with Crippen LogP contribution in [0.3, 0.4) is 0 Å². The van der Waals surface area contributed by atoms with Gasteiger partial charge in [-0.3, -0.25) is 9.97 Å². The van der Waals surface area contributed by atoms with Crippen LogP contribution in [0.25, 0.3) is 10.9 Å². The lowest BCUT2D eigenvalue weighted by Gasteiger charge is -2.11. The second-order valence-corrected chi connectivity index (χ2v) is 4.30. The first kappa shape index (κ1) is 11.9. The first-order chi connectivity index (χ1) is 9.78. The maximum absolute atomic E-state index is 9.25. The fraction of sp³-hybridized carbons (Fsp3) is 0. The summed E-state index contributed by atoms with van der Waals surface area (Å²) in [5.41, 5.74) is 9.28. The maximum atomic E-state index is 9.25. The number of nitrogens with zero attached hydrogens (tertiary/aromatic N) is 3. The van der Waals surface area contributed by atoms with Gasteiger partial charge in [0, 0.05) is 35.4 Å². The van der Waals surface area contributed by atoms with Crippen molar-refractivity contribution in [3.8, 4) is 6.07 Å². The van der Waals surface area contributed by atoms with Gasteiger partial charge in [-0.2, -0.15) is 5.26 Å². The van der Waals surface area contributed by atoms with Crippen molar-refractivity contribution in [2.75, 3.05) is 11.1 Å². The van der Waals surface area contributed by atoms with E-state index in [1.807, 2.05) is 24.3 Å². The summed E-state index contributed by atoms with van der Waals surface area (Å²) in [4.78, 5) is 8.23. The number of nitrogens with one attached hydrogen (secondary N) is 1. The van der Waals surface area contributed by atoms with Crippen LogP contribution in [0.1, 0.15) is 5.56 Å². The van der Waals surface area contributed by atoms with E-state index in [-0.39, 0.29) is 0 Å². The van der Waals surface area contributed by atoms with Crippen LogP contribution in [0.15, 0.2) is 48.9 Å². The third-order valence-electron chi connectivity index (χ3n) is 2.96. The van der Waals surface area contributed by atoms with E-state index in [0.717, 1.165) is 16.6 Å². The number of hydrogen-bond acceptors (Lipinski definition) is 5. The zero-order valence-corrected chi connectivity index (χ0v) is 10.5. The number of pyridine rings is 2. The minimum atomic E-state index is 0.472. The molecule has 3 N–H and O–H groups in total. The molecular weight excluding hydrogens is 250 g/mol. The zero-order valence-electron chi connectivity index (χ0n) is 10.5. The molecule has 0 radical (unpaired) electrons. The molecule has 3 rings (SSSR count). The molecule has 0 atom stereocenters. The molecule has 0 bridgehead atoms. The Kier molecular flexibility index (Phi) is 2.90. The van der Waals surface area contributed by atoms with Crippen molar-refractivity contribution < 1.29 is 0 Å². The minimum absolute atomic E-state index is 0.472. The molecule has 0 saturated heterocycles. The lowest BCUT2D eigenvalue weighted by molar-refractivity contribution is 1.32. The van der Waals surface area contributed by atoms with Gasteiger partial charge in [-0.05, 0) is 30.3 Å². The Morgan fingerprint density at radius 1 is 1.15 bits per heavy atom. The number of fused-ring (bicyclic) bond motifs is 1. The van der Waals surface area contributed by atoms with Gasteiger partial charge in [0.2, 0.25) is 0 Å². The summed E-state index contributed by atoms with van der Waals surface area (Å²) in [6.45, 7) is 0. The van der Waals surface area contributed by atoms with E-state index in [1.54, 1.807) is 24.7 Å². The highest BCUT2D eigenvalue weighted by Gasteiger charge is 2.09. The number of hydrogen-bond donors (Lipinski definition) is 2. The predicted octanol–water partition coefficient (Wildman–Crippen LogP) is 2.83. The van der Waals surface area contributed by atoms with E-state index in [1.165, 1.54) is 0 Å². The van der Waals surface area contributed by atoms with Crippen molar-refractivity contribution >= 4 is 28.0 Å². The number of anilines is 3. The van der Waals surface area contributed by atoms with E-state index >= 15 is 0 Å². The summed E-state index contributed by atoms with van der Waals surface area (Å²) in [6.07, 6.45) is 4.93. The van der Waals surface area contributed by atoms with Crippen molar-refractivity contribution in [2.45, 2.75) is 0 Å². The molecule has 0 fully saturated rings. The van der Waals surface area contributed by atoms with Gasteiger partial charge in [-0.25, -0.2) is 0 Å². The molecule has 0 aliphatic rings. The molecule has 0 spiro atoms. The number of benzene rings is 1. The van der Waals surface area contributed by atoms with Crippen LogP contribution in [0.5, 0.6) is 0 Å². The van der Waals surface area contributed by atoms with Gasteiger partial charge < -0.3 is 11.1 Å². The second-order valence-electron chi connectivity index (χ2n) is 4.30. The number of nitrogen functional groups attached to an aromatic ring is 1. The van der Waals surface area contributed by atoms with Crippen molar-refractivity contribution in [3.63, 3.8) is 0 Å². The molecule has 3 aromatic rings. The van der Waals surface area contributed by atoms with Crippen molar-refractivity contribution in [2.24, 2.45) is 0 Å². The summed E-state index contributed by atoms with van der Waals surface area (Å²) in [6, 6.07) is 11.3. The highest BCUT2D eigenvalue weighted by molar-refractivity contribution is 5.97. The maximum Gasteiger partial charge on any atom is 0.103 e. The SMILES string of the molecule is N#Cc1cnc2ccc(N)cc2c1Nc1ccncc1. The van der Waals surface area contributed by atoms with Crippen LogP contribution in [0, 0.1) is 11.3 Å². The molecule has 0 amide bonds. The second kappa shape index (κ2) is 4.86. The van der Waals surface area contributed by atoms with Crippen LogP contribution < -0.4 is 11.1 Å². The molecule has 5 nitrogen and oxygen atoms in total. The molecule has 5 heteroatoms. The predicted molar refractivity (Wildman–Crippen MR) is 78.4 cm³/mol. The minimum Gasteiger partial charge on any atom is -0.399 e. The third-order valence-corrected chi connectivity index (χ3v) is 2.96. The number of nitriles is 1. The average Bonchev–Trinajstić information content (AvgIpc) is 2.49. The Morgan fingerprint density at radius 3 is 2.70 bits per heavy atom. The van der Waals surface area contributed by atoms with Crippen LogP contribution in [0.4, 0.5) is 17.1 Å². The molecule has 0 aliphatic carbocycles. The first-order valence-corrected chi connectivity index (χ1v) is 6.03. The Morgan fingerprint density at radius 2 is 1.95 bits per heavy atom. The molecule has 2 aromatic heterocycles. The Hall–Kier alpha value is -3.13. The lowest BCUT2D eigenvalue weighted by atomic mass is 10.1. The first-order valence-electron chi connectivity index (χ1n) is 6.03. The summed E-state index contributed by atoms with van der Waals surface area (Å²) < 4.78 is 0. The van der Waals surface area contributed by atoms with Crippen molar-refractivity contribution in [3.05, 3.63) is 54.5 Å². The normalized spacial score (nSPS) is 10.2. The lowest BCUT2D eigenvalue weighted by Crippen LogP contribution is -1.97. The molecule has 20 heavy (non-hydrogen) atoms. The van der Waals surface area contributed by atoms with E-state index in [9.17, 15) is 5.26 Å². The quantitative estimate of drug-likeness (QED) is 0.692. The Balaban J connectivity index is 2.21. The van der Waals surface area contributed by atoms with Crippen molar-refractivity contribution in [1.82, 2.24) is 9.97 Å². The van der Waals surface area contributed by atoms with Gasteiger partial charge in [0.25, 0.3) is 0 Å². The average molecular weight is 261 g/mol. The number of nitrogens with two attached hydrogens (primary N) is 1. The molecule has 96 valence electrons. The molecule has 0 unspecified atom stereocenters. The van der Waals surface area contributed by atoms with Gasteiger partial charge in [-0.1, -0.05) is 0 Å². The fourth-order valence-electron chi connectivity index (χ4n) is 2.01. The summed E-state index contributed by atoms with van der Waals surface area (Å²) in [5.74, 6) is 0. The standard InChI is InChI=1S/C15H11N5/c16-8-10-9-19-14-2-1-11(17)7-13(14)15(10)20-12-3-5-18-6-4-12/h1-7,9H,17H2,(H,18,19,20).